The Balaban J connectivity index is 1.60. The molecule has 0 saturated heterocycles. The molecule has 1 fully saturated rings. The number of rotatable bonds is 8. The summed E-state index contributed by atoms with van der Waals surface area (Å²) in [6, 6.07) is 15.7. The minimum absolute atomic E-state index is 0.0122. The first kappa shape index (κ1) is 22.3. The smallest absolute Gasteiger partial charge is 0.251 e. The predicted octanol–water partition coefficient (Wildman–Crippen LogP) is 3.27. The molecule has 0 aliphatic heterocycles. The highest BCUT2D eigenvalue weighted by molar-refractivity contribution is 6.31. The number of hydrogen-bond acceptors (Lipinski definition) is 3. The first-order chi connectivity index (χ1) is 14.3. The Bertz CT molecular complexity index is 916. The second-order valence-corrected chi connectivity index (χ2v) is 8.90. The van der Waals surface area contributed by atoms with Gasteiger partial charge in [-0.05, 0) is 50.2 Å². The van der Waals surface area contributed by atoms with E-state index >= 15 is 0 Å². The molecule has 0 aromatic heterocycles. The lowest BCUT2D eigenvalue weighted by atomic mass is 9.95. The molecule has 0 radical (unpaired) electrons. The summed E-state index contributed by atoms with van der Waals surface area (Å²) in [7, 11) is 5.58. The van der Waals surface area contributed by atoms with Crippen LogP contribution in [0.25, 0.3) is 0 Å². The number of likely N-dealkylation sites (N-methyl/N-ethyl adjacent to an activating group) is 1. The summed E-state index contributed by atoms with van der Waals surface area (Å²) in [6.45, 7) is 2.70. The van der Waals surface area contributed by atoms with Gasteiger partial charge in [-0.2, -0.15) is 0 Å². The number of benzene rings is 2. The topological polar surface area (TPSA) is 61.4 Å². The maximum absolute atomic E-state index is 12.8. The van der Waals surface area contributed by atoms with Crippen LogP contribution in [0.1, 0.15) is 34.8 Å². The minimum atomic E-state index is -0.161. The van der Waals surface area contributed by atoms with E-state index in [-0.39, 0.29) is 29.2 Å². The van der Waals surface area contributed by atoms with Crippen LogP contribution in [0.3, 0.4) is 0 Å². The molecule has 1 aliphatic carbocycles. The van der Waals surface area contributed by atoms with Crippen LogP contribution in [-0.4, -0.2) is 50.4 Å². The minimum Gasteiger partial charge on any atom is -0.355 e. The molecule has 5 nitrogen and oxygen atoms in total. The van der Waals surface area contributed by atoms with Crippen LogP contribution >= 0.6 is 11.6 Å². The second kappa shape index (κ2) is 9.19. The lowest BCUT2D eigenvalue weighted by Crippen LogP contribution is -2.42. The molecule has 0 heterocycles. The van der Waals surface area contributed by atoms with Gasteiger partial charge in [-0.3, -0.25) is 9.59 Å². The summed E-state index contributed by atoms with van der Waals surface area (Å²) in [5.74, 6) is -0.0434. The average Bonchev–Trinajstić information content (AvgIpc) is 3.44. The molecular formula is C24H30ClN3O2. The third-order valence-electron chi connectivity index (χ3n) is 6.23. The molecule has 2 aromatic carbocycles. The Labute approximate surface area is 183 Å². The number of nitrogens with zero attached hydrogens (tertiary/aromatic N) is 1. The third kappa shape index (κ3) is 4.85. The maximum atomic E-state index is 12.8. The largest absolute Gasteiger partial charge is 0.355 e. The van der Waals surface area contributed by atoms with Gasteiger partial charge in [0.2, 0.25) is 5.91 Å². The lowest BCUT2D eigenvalue weighted by Gasteiger charge is -2.25. The van der Waals surface area contributed by atoms with Crippen molar-refractivity contribution in [2.24, 2.45) is 5.92 Å². The van der Waals surface area contributed by atoms with Crippen LogP contribution in [0, 0.1) is 5.92 Å². The number of carbonyl (C=O) groups excluding carboxylic acids is 2. The molecule has 3 rings (SSSR count). The summed E-state index contributed by atoms with van der Waals surface area (Å²) in [5.41, 5.74) is 2.64. The highest BCUT2D eigenvalue weighted by atomic mass is 35.5. The molecule has 1 saturated carbocycles. The summed E-state index contributed by atoms with van der Waals surface area (Å²) in [4.78, 5) is 26.7. The zero-order chi connectivity index (χ0) is 21.9. The molecule has 2 amide bonds. The molecule has 0 bridgehead atoms. The van der Waals surface area contributed by atoms with Gasteiger partial charge >= 0.3 is 0 Å². The number of nitrogens with one attached hydrogen (secondary N) is 2. The molecule has 2 aromatic rings. The Morgan fingerprint density at radius 1 is 1.20 bits per heavy atom. The van der Waals surface area contributed by atoms with Crippen LogP contribution in [0.5, 0.6) is 0 Å². The third-order valence-corrected chi connectivity index (χ3v) is 6.58. The first-order valence-corrected chi connectivity index (χ1v) is 10.6. The number of hydrogen-bond donors (Lipinski definition) is 2. The van der Waals surface area contributed by atoms with Crippen molar-refractivity contribution >= 4 is 23.4 Å². The van der Waals surface area contributed by atoms with Crippen LogP contribution < -0.4 is 10.6 Å². The molecule has 3 atom stereocenters. The van der Waals surface area contributed by atoms with Gasteiger partial charge in [-0.1, -0.05) is 54.9 Å². The van der Waals surface area contributed by atoms with Crippen molar-refractivity contribution in [1.82, 2.24) is 15.5 Å². The molecule has 6 heteroatoms. The van der Waals surface area contributed by atoms with E-state index in [0.717, 1.165) is 12.0 Å². The van der Waals surface area contributed by atoms with E-state index in [0.29, 0.717) is 23.6 Å². The predicted molar refractivity (Wildman–Crippen MR) is 121 cm³/mol. The second-order valence-electron chi connectivity index (χ2n) is 8.49. The van der Waals surface area contributed by atoms with Crippen molar-refractivity contribution in [1.29, 1.82) is 0 Å². The fourth-order valence-corrected chi connectivity index (χ4v) is 4.17. The molecular weight excluding hydrogens is 398 g/mol. The van der Waals surface area contributed by atoms with Crippen molar-refractivity contribution in [2.45, 2.75) is 31.2 Å². The monoisotopic (exact) mass is 427 g/mol. The SMILES string of the molecule is CNC(=O)c1ccc(C[C@@H](CNC(=O)[C@H]2C[C@]2(C)c2ccccc2)N(C)C)c(Cl)c1. The highest BCUT2D eigenvalue weighted by Crippen LogP contribution is 2.53. The first-order valence-electron chi connectivity index (χ1n) is 10.3. The van der Waals surface area contributed by atoms with Crippen molar-refractivity contribution in [3.05, 3.63) is 70.2 Å². The molecule has 0 spiro atoms. The van der Waals surface area contributed by atoms with Gasteiger partial charge in [0.25, 0.3) is 5.91 Å². The van der Waals surface area contributed by atoms with Crippen molar-refractivity contribution < 1.29 is 9.59 Å². The average molecular weight is 428 g/mol. The molecule has 2 N–H and O–H groups in total. The van der Waals surface area contributed by atoms with E-state index < -0.39 is 0 Å². The van der Waals surface area contributed by atoms with Gasteiger partial charge in [-0.25, -0.2) is 0 Å². The summed E-state index contributed by atoms with van der Waals surface area (Å²) < 4.78 is 0. The zero-order valence-electron chi connectivity index (χ0n) is 18.0. The number of halogens is 1. The lowest BCUT2D eigenvalue weighted by molar-refractivity contribution is -0.122. The van der Waals surface area contributed by atoms with Gasteiger partial charge < -0.3 is 15.5 Å². The van der Waals surface area contributed by atoms with E-state index in [4.69, 9.17) is 11.6 Å². The molecule has 0 unspecified atom stereocenters. The Morgan fingerprint density at radius 3 is 2.50 bits per heavy atom. The van der Waals surface area contributed by atoms with Gasteiger partial charge in [0.1, 0.15) is 0 Å². The molecule has 1 aliphatic rings. The number of amides is 2. The van der Waals surface area contributed by atoms with Crippen LogP contribution in [0.15, 0.2) is 48.5 Å². The van der Waals surface area contributed by atoms with E-state index in [1.807, 2.05) is 38.4 Å². The maximum Gasteiger partial charge on any atom is 0.251 e. The Kier molecular flexibility index (Phi) is 6.84. The fourth-order valence-electron chi connectivity index (χ4n) is 3.92. The molecule has 30 heavy (non-hydrogen) atoms. The van der Waals surface area contributed by atoms with Gasteiger partial charge in [0.05, 0.1) is 0 Å². The summed E-state index contributed by atoms with van der Waals surface area (Å²) in [5, 5.41) is 6.31. The van der Waals surface area contributed by atoms with Gasteiger partial charge in [0.15, 0.2) is 0 Å². The quantitative estimate of drug-likeness (QED) is 0.679. The van der Waals surface area contributed by atoms with Crippen molar-refractivity contribution in [3.63, 3.8) is 0 Å². The standard InChI is InChI=1S/C24H30ClN3O2/c1-24(18-8-6-5-7-9-18)14-20(24)23(30)27-15-19(28(3)4)12-16-10-11-17(13-21(16)25)22(29)26-2/h5-11,13,19-20H,12,14-15H2,1-4H3,(H,26,29)(H,27,30)/t19-,20+,24+/m0/s1. The normalized spacial score (nSPS) is 21.2. The highest BCUT2D eigenvalue weighted by Gasteiger charge is 2.55. The Morgan fingerprint density at radius 2 is 1.90 bits per heavy atom. The summed E-state index contributed by atoms with van der Waals surface area (Å²) in [6.07, 6.45) is 1.56. The van der Waals surface area contributed by atoms with Gasteiger partial charge in [-0.15, -0.1) is 0 Å². The Hall–Kier alpha value is -2.37. The zero-order valence-corrected chi connectivity index (χ0v) is 18.8. The van der Waals surface area contributed by atoms with E-state index in [1.54, 1.807) is 19.2 Å². The fraction of sp³-hybridized carbons (Fsp3) is 0.417. The van der Waals surface area contributed by atoms with Crippen molar-refractivity contribution in [2.75, 3.05) is 27.7 Å². The van der Waals surface area contributed by atoms with Crippen LogP contribution in [0.4, 0.5) is 0 Å². The van der Waals surface area contributed by atoms with Gasteiger partial charge in [0, 0.05) is 41.6 Å². The number of carbonyl (C=O) groups is 2. The van der Waals surface area contributed by atoms with E-state index in [9.17, 15) is 9.59 Å². The van der Waals surface area contributed by atoms with E-state index in [2.05, 4.69) is 34.6 Å². The summed E-state index contributed by atoms with van der Waals surface area (Å²) >= 11 is 6.42. The molecule has 160 valence electrons. The van der Waals surface area contributed by atoms with Crippen LogP contribution in [-0.2, 0) is 16.6 Å². The van der Waals surface area contributed by atoms with E-state index in [1.165, 1.54) is 5.56 Å². The van der Waals surface area contributed by atoms with Crippen LogP contribution in [0.2, 0.25) is 5.02 Å². The van der Waals surface area contributed by atoms with Crippen molar-refractivity contribution in [3.8, 4) is 0 Å².